The second-order valence-electron chi connectivity index (χ2n) is 1.80. The summed E-state index contributed by atoms with van der Waals surface area (Å²) in [6.07, 6.45) is 1.41. The van der Waals surface area contributed by atoms with Gasteiger partial charge in [-0.3, -0.25) is 0 Å². The van der Waals surface area contributed by atoms with E-state index in [4.69, 9.17) is 4.74 Å². The number of rotatable bonds is 2. The predicted octanol–water partition coefficient (Wildman–Crippen LogP) is 0.719. The summed E-state index contributed by atoms with van der Waals surface area (Å²) in [7, 11) is 0. The average molecular weight is 139 g/mol. The first-order chi connectivity index (χ1) is 4.84. The van der Waals surface area contributed by atoms with Crippen LogP contribution in [0.2, 0.25) is 0 Å². The molecule has 0 saturated carbocycles. The third kappa shape index (κ3) is 1.37. The van der Waals surface area contributed by atoms with E-state index in [1.54, 1.807) is 18.2 Å². The fraction of sp³-hybridized carbons (Fsp3) is 0.286. The monoisotopic (exact) mass is 139 g/mol. The van der Waals surface area contributed by atoms with Crippen molar-refractivity contribution in [2.75, 3.05) is 6.61 Å². The molecule has 1 aromatic heterocycles. The van der Waals surface area contributed by atoms with E-state index in [1.165, 1.54) is 6.20 Å². The molecule has 0 aromatic carbocycles. The topological polar surface area (TPSA) is 36.2 Å². The highest BCUT2D eigenvalue weighted by atomic mass is 16.5. The van der Waals surface area contributed by atoms with Crippen LogP contribution in [0, 0.1) is 5.21 Å². The lowest BCUT2D eigenvalue weighted by Gasteiger charge is -2.01. The van der Waals surface area contributed by atoms with Gasteiger partial charge in [0, 0.05) is 6.07 Å². The van der Waals surface area contributed by atoms with E-state index in [-0.39, 0.29) is 0 Å². The van der Waals surface area contributed by atoms with Gasteiger partial charge < -0.3 is 9.94 Å². The van der Waals surface area contributed by atoms with E-state index in [2.05, 4.69) is 0 Å². The third-order valence-electron chi connectivity index (χ3n) is 1.08. The molecular weight excluding hydrogens is 130 g/mol. The van der Waals surface area contributed by atoms with Gasteiger partial charge in [0.25, 0.3) is 0 Å². The number of ether oxygens (including phenoxy) is 1. The summed E-state index contributed by atoms with van der Waals surface area (Å²) < 4.78 is 5.68. The molecule has 0 saturated heterocycles. The van der Waals surface area contributed by atoms with Crippen molar-refractivity contribution >= 4 is 0 Å². The molecule has 3 nitrogen and oxygen atoms in total. The fourth-order valence-corrected chi connectivity index (χ4v) is 0.672. The molecule has 1 heterocycles. The summed E-state index contributed by atoms with van der Waals surface area (Å²) in [6, 6.07) is 5.06. The lowest BCUT2D eigenvalue weighted by molar-refractivity contribution is -0.612. The minimum atomic E-state index is 0.352. The lowest BCUT2D eigenvalue weighted by Crippen LogP contribution is -2.27. The van der Waals surface area contributed by atoms with Gasteiger partial charge in [0.1, 0.15) is 0 Å². The van der Waals surface area contributed by atoms with E-state index >= 15 is 0 Å². The molecule has 0 radical (unpaired) electrons. The van der Waals surface area contributed by atoms with Gasteiger partial charge in [-0.25, -0.2) is 0 Å². The second-order valence-corrected chi connectivity index (χ2v) is 1.80. The van der Waals surface area contributed by atoms with Gasteiger partial charge in [-0.2, -0.15) is 0 Å². The van der Waals surface area contributed by atoms with Gasteiger partial charge in [0.15, 0.2) is 6.20 Å². The predicted molar refractivity (Wildman–Crippen MR) is 36.6 cm³/mol. The Bertz CT molecular complexity index is 213. The highest BCUT2D eigenvalue weighted by Crippen LogP contribution is 1.99. The zero-order chi connectivity index (χ0) is 7.40. The Morgan fingerprint density at radius 3 is 3.00 bits per heavy atom. The van der Waals surface area contributed by atoms with Gasteiger partial charge in [-0.05, 0) is 13.0 Å². The minimum Gasteiger partial charge on any atom is -0.616 e. The molecule has 0 N–H and O–H groups in total. The van der Waals surface area contributed by atoms with Gasteiger partial charge in [0.2, 0.25) is 0 Å². The van der Waals surface area contributed by atoms with Crippen LogP contribution in [-0.4, -0.2) is 6.61 Å². The summed E-state index contributed by atoms with van der Waals surface area (Å²) in [6.45, 7) is 2.36. The van der Waals surface area contributed by atoms with Crippen molar-refractivity contribution in [1.29, 1.82) is 0 Å². The average Bonchev–Trinajstić information content (AvgIpc) is 1.94. The van der Waals surface area contributed by atoms with Crippen LogP contribution in [0.3, 0.4) is 0 Å². The van der Waals surface area contributed by atoms with Crippen molar-refractivity contribution in [3.05, 3.63) is 29.6 Å². The Labute approximate surface area is 59.5 Å². The first-order valence-electron chi connectivity index (χ1n) is 3.15. The fourth-order valence-electron chi connectivity index (χ4n) is 0.672. The zero-order valence-corrected chi connectivity index (χ0v) is 5.78. The zero-order valence-electron chi connectivity index (χ0n) is 5.78. The van der Waals surface area contributed by atoms with Gasteiger partial charge in [0.05, 0.1) is 12.7 Å². The molecule has 0 aliphatic heterocycles. The highest BCUT2D eigenvalue weighted by molar-refractivity contribution is 5.02. The van der Waals surface area contributed by atoms with Crippen LogP contribution >= 0.6 is 0 Å². The standard InChI is InChI=1S/C7H9NO2/c1-2-10-7-5-3-4-6-8(7)9/h3-6H,2H2,1H3. The number of nitrogens with zero attached hydrogens (tertiary/aromatic N) is 1. The molecule has 0 amide bonds. The van der Waals surface area contributed by atoms with E-state index < -0.39 is 0 Å². The summed E-state index contributed by atoms with van der Waals surface area (Å²) in [5, 5.41) is 10.8. The molecule has 0 atom stereocenters. The summed E-state index contributed by atoms with van der Waals surface area (Å²) >= 11 is 0. The normalized spacial score (nSPS) is 9.30. The molecule has 0 unspecified atom stereocenters. The summed E-state index contributed by atoms with van der Waals surface area (Å²) in [5.74, 6) is 0.352. The molecule has 0 aliphatic carbocycles. The largest absolute Gasteiger partial charge is 0.616 e. The van der Waals surface area contributed by atoms with Crippen LogP contribution < -0.4 is 9.47 Å². The molecule has 0 fully saturated rings. The quantitative estimate of drug-likeness (QED) is 0.447. The molecular formula is C7H9NO2. The van der Waals surface area contributed by atoms with Crippen LogP contribution in [0.5, 0.6) is 5.88 Å². The van der Waals surface area contributed by atoms with Crippen LogP contribution in [0.1, 0.15) is 6.92 Å². The summed E-state index contributed by atoms with van der Waals surface area (Å²) in [4.78, 5) is 0. The highest BCUT2D eigenvalue weighted by Gasteiger charge is 2.00. The third-order valence-corrected chi connectivity index (χ3v) is 1.08. The number of hydrogen-bond acceptors (Lipinski definition) is 2. The molecule has 1 rings (SSSR count). The van der Waals surface area contributed by atoms with Gasteiger partial charge in [-0.1, -0.05) is 0 Å². The van der Waals surface area contributed by atoms with Gasteiger partial charge in [-0.15, -0.1) is 4.73 Å². The molecule has 54 valence electrons. The SMILES string of the molecule is CCOc1cccc[n+]1[O-]. The maximum atomic E-state index is 10.8. The van der Waals surface area contributed by atoms with Crippen LogP contribution in [0.25, 0.3) is 0 Å². The second kappa shape index (κ2) is 3.06. The van der Waals surface area contributed by atoms with Gasteiger partial charge >= 0.3 is 5.88 Å². The molecule has 3 heteroatoms. The molecule has 0 spiro atoms. The molecule has 0 bridgehead atoms. The van der Waals surface area contributed by atoms with Crippen LogP contribution in [-0.2, 0) is 0 Å². The van der Waals surface area contributed by atoms with Crippen molar-refractivity contribution < 1.29 is 9.47 Å². The van der Waals surface area contributed by atoms with Crippen molar-refractivity contribution in [3.8, 4) is 5.88 Å². The maximum absolute atomic E-state index is 10.8. The van der Waals surface area contributed by atoms with Crippen molar-refractivity contribution in [2.45, 2.75) is 6.92 Å². The molecule has 10 heavy (non-hydrogen) atoms. The van der Waals surface area contributed by atoms with Crippen LogP contribution in [0.4, 0.5) is 0 Å². The number of pyridine rings is 1. The van der Waals surface area contributed by atoms with Crippen molar-refractivity contribution in [2.24, 2.45) is 0 Å². The number of hydrogen-bond donors (Lipinski definition) is 0. The van der Waals surface area contributed by atoms with E-state index in [0.717, 1.165) is 0 Å². The Morgan fingerprint density at radius 2 is 2.40 bits per heavy atom. The van der Waals surface area contributed by atoms with E-state index in [0.29, 0.717) is 17.2 Å². The lowest BCUT2D eigenvalue weighted by atomic mass is 10.5. The first-order valence-corrected chi connectivity index (χ1v) is 3.15. The smallest absolute Gasteiger partial charge is 0.379 e. The minimum absolute atomic E-state index is 0.352. The van der Waals surface area contributed by atoms with E-state index in [1.807, 2.05) is 6.92 Å². The Balaban J connectivity index is 2.81. The molecule has 1 aromatic rings. The maximum Gasteiger partial charge on any atom is 0.379 e. The summed E-state index contributed by atoms with van der Waals surface area (Å²) in [5.41, 5.74) is 0. The molecule has 0 aliphatic rings. The Morgan fingerprint density at radius 1 is 1.60 bits per heavy atom. The van der Waals surface area contributed by atoms with Crippen molar-refractivity contribution in [1.82, 2.24) is 0 Å². The number of aromatic nitrogens is 1. The first kappa shape index (κ1) is 6.86. The van der Waals surface area contributed by atoms with Crippen molar-refractivity contribution in [3.63, 3.8) is 0 Å². The Kier molecular flexibility index (Phi) is 2.10. The van der Waals surface area contributed by atoms with Crippen LogP contribution in [0.15, 0.2) is 24.4 Å². The van der Waals surface area contributed by atoms with E-state index in [9.17, 15) is 5.21 Å². The Hall–Kier alpha value is -1.25.